The minimum absolute atomic E-state index is 0.0684. The zero-order valence-corrected chi connectivity index (χ0v) is 12.1. The van der Waals surface area contributed by atoms with E-state index in [0.29, 0.717) is 15.9 Å². The average molecular weight is 314 g/mol. The van der Waals surface area contributed by atoms with E-state index in [1.165, 1.54) is 20.3 Å². The Morgan fingerprint density at radius 1 is 1.10 bits per heavy atom. The maximum atomic E-state index is 11.8. The number of aromatic nitrogens is 1. The molecule has 20 heavy (non-hydrogen) atoms. The van der Waals surface area contributed by atoms with E-state index in [1.54, 1.807) is 12.1 Å². The third-order valence-electron chi connectivity index (χ3n) is 2.65. The number of carbonyl (C=O) groups is 2. The van der Waals surface area contributed by atoms with Crippen LogP contribution in [0.3, 0.4) is 0 Å². The zero-order valence-electron chi connectivity index (χ0n) is 10.6. The summed E-state index contributed by atoms with van der Waals surface area (Å²) < 4.78 is 9.23. The Morgan fingerprint density at radius 2 is 1.75 bits per heavy atom. The molecule has 2 rings (SSSR count). The van der Waals surface area contributed by atoms with E-state index in [4.69, 9.17) is 23.2 Å². The van der Waals surface area contributed by atoms with Gasteiger partial charge >= 0.3 is 11.9 Å². The summed E-state index contributed by atoms with van der Waals surface area (Å²) in [6.45, 7) is 0. The van der Waals surface area contributed by atoms with Crippen molar-refractivity contribution in [3.8, 4) is 0 Å². The third kappa shape index (κ3) is 2.42. The minimum Gasteiger partial charge on any atom is -0.465 e. The van der Waals surface area contributed by atoms with Crippen LogP contribution in [0.15, 0.2) is 18.2 Å². The number of fused-ring (bicyclic) bond motifs is 1. The number of pyridine rings is 1. The van der Waals surface area contributed by atoms with Crippen LogP contribution in [0.25, 0.3) is 10.9 Å². The molecule has 2 aromatic rings. The number of rotatable bonds is 2. The van der Waals surface area contributed by atoms with Crippen LogP contribution in [0.2, 0.25) is 10.0 Å². The largest absolute Gasteiger partial charge is 0.465 e. The van der Waals surface area contributed by atoms with E-state index < -0.39 is 11.9 Å². The molecule has 0 aliphatic carbocycles. The first-order valence-corrected chi connectivity index (χ1v) is 6.20. The van der Waals surface area contributed by atoms with E-state index in [1.807, 2.05) is 0 Å². The third-order valence-corrected chi connectivity index (χ3v) is 3.28. The second-order valence-electron chi connectivity index (χ2n) is 3.79. The summed E-state index contributed by atoms with van der Waals surface area (Å²) in [5, 5.41) is 0.991. The van der Waals surface area contributed by atoms with Crippen molar-refractivity contribution in [1.29, 1.82) is 0 Å². The SMILES string of the molecule is COC(=O)c1nc2cc(Cl)ccc2c(Cl)c1C(=O)OC. The van der Waals surface area contributed by atoms with E-state index in [9.17, 15) is 9.59 Å². The summed E-state index contributed by atoms with van der Waals surface area (Å²) in [4.78, 5) is 27.6. The fraction of sp³-hybridized carbons (Fsp3) is 0.154. The predicted octanol–water partition coefficient (Wildman–Crippen LogP) is 3.11. The van der Waals surface area contributed by atoms with Gasteiger partial charge in [0.2, 0.25) is 0 Å². The Kier molecular flexibility index (Phi) is 4.11. The lowest BCUT2D eigenvalue weighted by atomic mass is 10.1. The van der Waals surface area contributed by atoms with E-state index in [0.717, 1.165) is 0 Å². The second kappa shape index (κ2) is 5.64. The molecule has 0 amide bonds. The molecular formula is C13H9Cl2NO4. The van der Waals surface area contributed by atoms with Gasteiger partial charge in [0.05, 0.1) is 24.8 Å². The number of nitrogens with zero attached hydrogens (tertiary/aromatic N) is 1. The highest BCUT2D eigenvalue weighted by Crippen LogP contribution is 2.30. The molecule has 0 atom stereocenters. The van der Waals surface area contributed by atoms with Gasteiger partial charge in [-0.15, -0.1) is 0 Å². The molecule has 1 heterocycles. The molecule has 0 spiro atoms. The molecule has 5 nitrogen and oxygen atoms in total. The molecular weight excluding hydrogens is 305 g/mol. The number of ether oxygens (including phenoxy) is 2. The number of hydrogen-bond donors (Lipinski definition) is 0. The summed E-state index contributed by atoms with van der Waals surface area (Å²) in [5.74, 6) is -1.55. The highest BCUT2D eigenvalue weighted by atomic mass is 35.5. The molecule has 0 aliphatic heterocycles. The summed E-state index contributed by atoms with van der Waals surface area (Å²) in [6.07, 6.45) is 0. The maximum absolute atomic E-state index is 11.8. The van der Waals surface area contributed by atoms with Crippen LogP contribution in [-0.4, -0.2) is 31.1 Å². The number of methoxy groups -OCH3 is 2. The smallest absolute Gasteiger partial charge is 0.357 e. The summed E-state index contributed by atoms with van der Waals surface area (Å²) >= 11 is 12.1. The van der Waals surface area contributed by atoms with Crippen LogP contribution in [0.5, 0.6) is 0 Å². The molecule has 1 aromatic carbocycles. The van der Waals surface area contributed by atoms with Crippen LogP contribution >= 0.6 is 23.2 Å². The Morgan fingerprint density at radius 3 is 2.35 bits per heavy atom. The normalized spacial score (nSPS) is 10.4. The Labute approximate surface area is 124 Å². The number of carbonyl (C=O) groups excluding carboxylic acids is 2. The molecule has 1 aromatic heterocycles. The van der Waals surface area contributed by atoms with Crippen LogP contribution in [0.1, 0.15) is 20.8 Å². The van der Waals surface area contributed by atoms with Crippen molar-refractivity contribution in [2.45, 2.75) is 0 Å². The zero-order chi connectivity index (χ0) is 14.9. The molecule has 0 fully saturated rings. The van der Waals surface area contributed by atoms with Crippen molar-refractivity contribution >= 4 is 46.0 Å². The maximum Gasteiger partial charge on any atom is 0.357 e. The van der Waals surface area contributed by atoms with E-state index in [2.05, 4.69) is 14.5 Å². The van der Waals surface area contributed by atoms with Crippen molar-refractivity contribution in [1.82, 2.24) is 4.98 Å². The number of halogens is 2. The molecule has 0 saturated heterocycles. The van der Waals surface area contributed by atoms with E-state index >= 15 is 0 Å². The quantitative estimate of drug-likeness (QED) is 0.797. The lowest BCUT2D eigenvalue weighted by Gasteiger charge is -2.10. The predicted molar refractivity (Wildman–Crippen MR) is 74.4 cm³/mol. The molecule has 0 radical (unpaired) electrons. The lowest BCUT2D eigenvalue weighted by molar-refractivity contribution is 0.0550. The van der Waals surface area contributed by atoms with Crippen molar-refractivity contribution < 1.29 is 19.1 Å². The van der Waals surface area contributed by atoms with Crippen LogP contribution in [0.4, 0.5) is 0 Å². The highest BCUT2D eigenvalue weighted by molar-refractivity contribution is 6.39. The lowest BCUT2D eigenvalue weighted by Crippen LogP contribution is -2.15. The fourth-order valence-corrected chi connectivity index (χ4v) is 2.22. The summed E-state index contributed by atoms with van der Waals surface area (Å²) in [5.41, 5.74) is 0.0468. The second-order valence-corrected chi connectivity index (χ2v) is 4.61. The van der Waals surface area contributed by atoms with Gasteiger partial charge < -0.3 is 9.47 Å². The first-order chi connectivity index (χ1) is 9.49. The van der Waals surface area contributed by atoms with Crippen molar-refractivity contribution in [3.05, 3.63) is 39.5 Å². The van der Waals surface area contributed by atoms with Gasteiger partial charge in [0.1, 0.15) is 5.56 Å². The molecule has 104 valence electrons. The molecule has 0 aliphatic rings. The van der Waals surface area contributed by atoms with Gasteiger partial charge in [0.15, 0.2) is 5.69 Å². The molecule has 0 saturated carbocycles. The van der Waals surface area contributed by atoms with Gasteiger partial charge in [-0.05, 0) is 18.2 Å². The van der Waals surface area contributed by atoms with Gasteiger partial charge in [-0.2, -0.15) is 0 Å². The molecule has 0 bridgehead atoms. The monoisotopic (exact) mass is 313 g/mol. The number of esters is 2. The minimum atomic E-state index is -0.783. The van der Waals surface area contributed by atoms with Gasteiger partial charge in [0, 0.05) is 10.4 Å². The molecule has 0 unspecified atom stereocenters. The van der Waals surface area contributed by atoms with Gasteiger partial charge in [-0.3, -0.25) is 0 Å². The molecule has 0 N–H and O–H groups in total. The summed E-state index contributed by atoms with van der Waals surface area (Å²) in [6, 6.07) is 4.76. The Balaban J connectivity index is 2.86. The van der Waals surface area contributed by atoms with Gasteiger partial charge in [-0.1, -0.05) is 23.2 Å². The van der Waals surface area contributed by atoms with Gasteiger partial charge in [-0.25, -0.2) is 14.6 Å². The first-order valence-electron chi connectivity index (χ1n) is 5.45. The van der Waals surface area contributed by atoms with Crippen molar-refractivity contribution in [2.75, 3.05) is 14.2 Å². The Hall–Kier alpha value is -1.85. The van der Waals surface area contributed by atoms with E-state index in [-0.39, 0.29) is 16.3 Å². The number of hydrogen-bond acceptors (Lipinski definition) is 5. The van der Waals surface area contributed by atoms with Crippen LogP contribution in [-0.2, 0) is 9.47 Å². The van der Waals surface area contributed by atoms with Crippen LogP contribution in [0, 0.1) is 0 Å². The summed E-state index contributed by atoms with van der Waals surface area (Å²) in [7, 11) is 2.37. The average Bonchev–Trinajstić information content (AvgIpc) is 2.45. The number of benzene rings is 1. The standard InChI is InChI=1S/C13H9Cl2NO4/c1-19-12(17)9-10(15)7-4-3-6(14)5-8(7)16-11(9)13(18)20-2/h3-5H,1-2H3. The topological polar surface area (TPSA) is 65.5 Å². The van der Waals surface area contributed by atoms with Gasteiger partial charge in [0.25, 0.3) is 0 Å². The highest BCUT2D eigenvalue weighted by Gasteiger charge is 2.25. The Bertz CT molecular complexity index is 715. The van der Waals surface area contributed by atoms with Crippen molar-refractivity contribution in [3.63, 3.8) is 0 Å². The fourth-order valence-electron chi connectivity index (χ4n) is 1.73. The molecule has 7 heteroatoms. The van der Waals surface area contributed by atoms with Crippen LogP contribution < -0.4 is 0 Å². The first kappa shape index (κ1) is 14.6. The van der Waals surface area contributed by atoms with Crippen molar-refractivity contribution in [2.24, 2.45) is 0 Å².